The van der Waals surface area contributed by atoms with Crippen LogP contribution >= 0.6 is 0 Å². The maximum Gasteiger partial charge on any atom is 0.115 e. The lowest BCUT2D eigenvalue weighted by Gasteiger charge is -2.45. The number of hydrogen-bond donors (Lipinski definition) is 0. The van der Waals surface area contributed by atoms with Gasteiger partial charge >= 0.3 is 0 Å². The Labute approximate surface area is 214 Å². The first-order valence-electron chi connectivity index (χ1n) is 12.4. The van der Waals surface area contributed by atoms with Crippen LogP contribution in [0, 0.1) is 12.3 Å². The minimum Gasteiger partial charge on any atom is -0.374 e. The van der Waals surface area contributed by atoms with Gasteiger partial charge in [0.2, 0.25) is 0 Å². The molecule has 1 saturated heterocycles. The van der Waals surface area contributed by atoms with Crippen LogP contribution in [-0.4, -0.2) is 43.7 Å². The molecule has 1 aliphatic rings. The maximum absolute atomic E-state index is 6.49. The molecule has 0 saturated carbocycles. The Morgan fingerprint density at radius 3 is 1.69 bits per heavy atom. The summed E-state index contributed by atoms with van der Waals surface area (Å²) in [5.41, 5.74) is 3.25. The summed E-state index contributed by atoms with van der Waals surface area (Å²) >= 11 is 0. The molecule has 1 aliphatic heterocycles. The molecule has 5 heteroatoms. The monoisotopic (exact) mass is 486 g/mol. The van der Waals surface area contributed by atoms with Crippen LogP contribution in [0.5, 0.6) is 0 Å². The molecule has 5 atom stereocenters. The zero-order valence-electron chi connectivity index (χ0n) is 20.7. The van der Waals surface area contributed by atoms with Crippen LogP contribution in [0.15, 0.2) is 91.0 Å². The van der Waals surface area contributed by atoms with Crippen molar-refractivity contribution in [2.75, 3.05) is 13.2 Å². The molecule has 36 heavy (non-hydrogen) atoms. The molecule has 0 radical (unpaired) electrons. The standard InChI is InChI=1S/C31H34O5/c1-3-19-33-29-24(2)36-28(23-32-20-25-13-7-4-8-14-25)30(34-21-26-15-9-5-10-16-26)31(29)35-22-27-17-11-6-12-18-27/h1,4-18,24,28-31H,19-23H2,2H3/t24-,28+,29-,30+,31+/m0/s1. The van der Waals surface area contributed by atoms with Gasteiger partial charge in [-0.25, -0.2) is 0 Å². The fraction of sp³-hybridized carbons (Fsp3) is 0.355. The van der Waals surface area contributed by atoms with Gasteiger partial charge in [-0.1, -0.05) is 96.9 Å². The average Bonchev–Trinajstić information content (AvgIpc) is 2.92. The van der Waals surface area contributed by atoms with E-state index < -0.39 is 12.2 Å². The molecule has 0 aliphatic carbocycles. The largest absolute Gasteiger partial charge is 0.374 e. The van der Waals surface area contributed by atoms with E-state index in [4.69, 9.17) is 30.1 Å². The van der Waals surface area contributed by atoms with E-state index in [1.165, 1.54) is 0 Å². The van der Waals surface area contributed by atoms with E-state index in [9.17, 15) is 0 Å². The van der Waals surface area contributed by atoms with Crippen molar-refractivity contribution >= 4 is 0 Å². The van der Waals surface area contributed by atoms with Crippen LogP contribution in [0.4, 0.5) is 0 Å². The number of benzene rings is 3. The van der Waals surface area contributed by atoms with Crippen molar-refractivity contribution in [1.29, 1.82) is 0 Å². The van der Waals surface area contributed by atoms with E-state index in [-0.39, 0.29) is 24.9 Å². The van der Waals surface area contributed by atoms with E-state index in [0.29, 0.717) is 26.4 Å². The SMILES string of the molecule is C#CCO[C@@H]1[C@@H](OCc2ccccc2)[C@H](OCc2ccccc2)[C@@H](COCc2ccccc2)O[C@H]1C. The highest BCUT2D eigenvalue weighted by Crippen LogP contribution is 2.30. The highest BCUT2D eigenvalue weighted by Gasteiger charge is 2.46. The molecular formula is C31H34O5. The van der Waals surface area contributed by atoms with Gasteiger partial charge in [-0.05, 0) is 23.6 Å². The number of terminal acetylenes is 1. The first kappa shape index (κ1) is 26.1. The first-order valence-corrected chi connectivity index (χ1v) is 12.4. The Bertz CT molecular complexity index is 1050. The van der Waals surface area contributed by atoms with E-state index in [1.807, 2.05) is 97.9 Å². The molecule has 0 N–H and O–H groups in total. The van der Waals surface area contributed by atoms with Crippen LogP contribution < -0.4 is 0 Å². The molecule has 1 heterocycles. The summed E-state index contributed by atoms with van der Waals surface area (Å²) in [6, 6.07) is 30.2. The van der Waals surface area contributed by atoms with Crippen molar-refractivity contribution in [2.45, 2.75) is 57.3 Å². The third kappa shape index (κ3) is 7.51. The molecule has 0 aromatic heterocycles. The summed E-state index contributed by atoms with van der Waals surface area (Å²) in [7, 11) is 0. The summed E-state index contributed by atoms with van der Waals surface area (Å²) in [5.74, 6) is 2.57. The van der Waals surface area contributed by atoms with Crippen molar-refractivity contribution in [3.63, 3.8) is 0 Å². The zero-order valence-corrected chi connectivity index (χ0v) is 20.7. The Morgan fingerprint density at radius 2 is 1.17 bits per heavy atom. The molecule has 188 valence electrons. The quantitative estimate of drug-likeness (QED) is 0.330. The molecule has 4 rings (SSSR count). The van der Waals surface area contributed by atoms with Gasteiger partial charge in [-0.3, -0.25) is 0 Å². The predicted molar refractivity (Wildman–Crippen MR) is 139 cm³/mol. The highest BCUT2D eigenvalue weighted by atomic mass is 16.6. The summed E-state index contributed by atoms with van der Waals surface area (Å²) in [5, 5.41) is 0. The molecular weight excluding hydrogens is 452 g/mol. The normalized spacial score (nSPS) is 23.7. The minimum atomic E-state index is -0.413. The van der Waals surface area contributed by atoms with Gasteiger partial charge in [-0.15, -0.1) is 6.42 Å². The third-order valence-corrected chi connectivity index (χ3v) is 6.19. The topological polar surface area (TPSA) is 46.2 Å². The lowest BCUT2D eigenvalue weighted by molar-refractivity contribution is -0.264. The molecule has 1 fully saturated rings. The second-order valence-electron chi connectivity index (χ2n) is 8.88. The number of ether oxygens (including phenoxy) is 5. The molecule has 3 aromatic rings. The lowest BCUT2D eigenvalue weighted by Crippen LogP contribution is -2.60. The predicted octanol–water partition coefficient (Wildman–Crippen LogP) is 5.18. The summed E-state index contributed by atoms with van der Waals surface area (Å²) in [6.45, 7) is 3.86. The van der Waals surface area contributed by atoms with E-state index in [2.05, 4.69) is 5.92 Å². The Morgan fingerprint density at radius 1 is 0.667 bits per heavy atom. The van der Waals surface area contributed by atoms with Crippen molar-refractivity contribution in [1.82, 2.24) is 0 Å². The van der Waals surface area contributed by atoms with Crippen molar-refractivity contribution in [3.05, 3.63) is 108 Å². The Balaban J connectivity index is 1.52. The van der Waals surface area contributed by atoms with Gasteiger partial charge in [0.25, 0.3) is 0 Å². The van der Waals surface area contributed by atoms with Crippen LogP contribution in [0.3, 0.4) is 0 Å². The van der Waals surface area contributed by atoms with Crippen LogP contribution in [0.25, 0.3) is 0 Å². The lowest BCUT2D eigenvalue weighted by atomic mass is 9.94. The molecule has 0 spiro atoms. The van der Waals surface area contributed by atoms with Crippen LogP contribution in [-0.2, 0) is 43.5 Å². The molecule has 0 unspecified atom stereocenters. The van der Waals surface area contributed by atoms with Gasteiger partial charge in [0.1, 0.15) is 31.0 Å². The average molecular weight is 487 g/mol. The summed E-state index contributed by atoms with van der Waals surface area (Å²) < 4.78 is 31.5. The van der Waals surface area contributed by atoms with Gasteiger partial charge in [0, 0.05) is 0 Å². The maximum atomic E-state index is 6.49. The Kier molecular flexibility index (Phi) is 10.1. The summed E-state index contributed by atoms with van der Waals surface area (Å²) in [6.07, 6.45) is 3.74. The molecule has 0 bridgehead atoms. The van der Waals surface area contributed by atoms with E-state index >= 15 is 0 Å². The second-order valence-corrected chi connectivity index (χ2v) is 8.88. The highest BCUT2D eigenvalue weighted by molar-refractivity contribution is 5.15. The smallest absolute Gasteiger partial charge is 0.115 e. The molecule has 0 amide bonds. The van der Waals surface area contributed by atoms with Gasteiger partial charge in [0.15, 0.2) is 0 Å². The van der Waals surface area contributed by atoms with Gasteiger partial charge in [0.05, 0.1) is 32.5 Å². The van der Waals surface area contributed by atoms with E-state index in [0.717, 1.165) is 16.7 Å². The zero-order chi connectivity index (χ0) is 25.0. The van der Waals surface area contributed by atoms with Crippen molar-refractivity contribution in [3.8, 4) is 12.3 Å². The number of rotatable bonds is 12. The number of hydrogen-bond acceptors (Lipinski definition) is 5. The Hall–Kier alpha value is -2.98. The van der Waals surface area contributed by atoms with Crippen LogP contribution in [0.1, 0.15) is 23.6 Å². The fourth-order valence-corrected chi connectivity index (χ4v) is 4.40. The fourth-order valence-electron chi connectivity index (χ4n) is 4.40. The summed E-state index contributed by atoms with van der Waals surface area (Å²) in [4.78, 5) is 0. The first-order chi connectivity index (χ1) is 17.7. The third-order valence-electron chi connectivity index (χ3n) is 6.19. The second kappa shape index (κ2) is 13.9. The van der Waals surface area contributed by atoms with Gasteiger partial charge < -0.3 is 23.7 Å². The minimum absolute atomic E-state index is 0.171. The van der Waals surface area contributed by atoms with Crippen molar-refractivity contribution in [2.24, 2.45) is 0 Å². The molecule has 5 nitrogen and oxygen atoms in total. The van der Waals surface area contributed by atoms with E-state index in [1.54, 1.807) is 0 Å². The van der Waals surface area contributed by atoms with Gasteiger partial charge in [-0.2, -0.15) is 0 Å². The van der Waals surface area contributed by atoms with Crippen LogP contribution in [0.2, 0.25) is 0 Å². The van der Waals surface area contributed by atoms with Crippen molar-refractivity contribution < 1.29 is 23.7 Å². The molecule has 3 aromatic carbocycles.